The molecule has 0 bridgehead atoms. The normalized spacial score (nSPS) is 16.9. The van der Waals surface area contributed by atoms with Crippen molar-refractivity contribution in [1.29, 1.82) is 0 Å². The van der Waals surface area contributed by atoms with Gasteiger partial charge >= 0.3 is 0 Å². The molecule has 8 heteroatoms. The zero-order valence-electron chi connectivity index (χ0n) is 17.7. The van der Waals surface area contributed by atoms with Crippen molar-refractivity contribution in [1.82, 2.24) is 19.7 Å². The Morgan fingerprint density at radius 3 is 2.62 bits per heavy atom. The molecule has 1 saturated heterocycles. The van der Waals surface area contributed by atoms with Gasteiger partial charge in [-0.05, 0) is 52.2 Å². The molecule has 8 nitrogen and oxygen atoms in total. The Hall–Kier alpha value is -2.90. The number of nitrogens with one attached hydrogen (secondary N) is 1. The Morgan fingerprint density at radius 2 is 2.00 bits per heavy atom. The van der Waals surface area contributed by atoms with Crippen LogP contribution in [0.1, 0.15) is 54.3 Å². The second-order valence-corrected chi connectivity index (χ2v) is 8.09. The molecule has 3 rings (SSSR count). The van der Waals surface area contributed by atoms with Gasteiger partial charge < -0.3 is 14.8 Å². The number of likely N-dealkylation sites (tertiary alicyclic amines) is 1. The van der Waals surface area contributed by atoms with Gasteiger partial charge in [-0.3, -0.25) is 14.4 Å². The van der Waals surface area contributed by atoms with E-state index in [1.807, 2.05) is 25.8 Å². The van der Waals surface area contributed by atoms with Gasteiger partial charge in [-0.15, -0.1) is 0 Å². The molecule has 1 unspecified atom stereocenters. The number of carbonyl (C=O) groups excluding carboxylic acids is 1. The highest BCUT2D eigenvalue weighted by molar-refractivity contribution is 5.95. The molecule has 0 aliphatic carbocycles. The highest BCUT2D eigenvalue weighted by Crippen LogP contribution is 2.22. The minimum Gasteiger partial charge on any atom is -0.371 e. The summed E-state index contributed by atoms with van der Waals surface area (Å²) in [4.78, 5) is 44.4. The van der Waals surface area contributed by atoms with Crippen LogP contribution in [0.5, 0.6) is 0 Å². The van der Waals surface area contributed by atoms with Crippen LogP contribution in [0, 0.1) is 13.8 Å². The average Bonchev–Trinajstić information content (AvgIpc) is 2.66. The number of pyridine rings is 1. The number of hydrogen-bond acceptors (Lipinski definition) is 5. The Bertz CT molecular complexity index is 1020. The van der Waals surface area contributed by atoms with E-state index in [1.165, 1.54) is 4.68 Å². The number of nitrogens with zero attached hydrogens (tertiary/aromatic N) is 4. The van der Waals surface area contributed by atoms with Crippen molar-refractivity contribution >= 4 is 11.6 Å². The number of rotatable bonds is 4. The number of carbonyl (C=O) groups is 1. The zero-order chi connectivity index (χ0) is 21.3. The lowest BCUT2D eigenvalue weighted by Crippen LogP contribution is -2.45. The van der Waals surface area contributed by atoms with Crippen molar-refractivity contribution in [3.63, 3.8) is 0 Å². The Kier molecular flexibility index (Phi) is 5.91. The van der Waals surface area contributed by atoms with Crippen LogP contribution < -0.4 is 16.0 Å². The lowest BCUT2D eigenvalue weighted by molar-refractivity contribution is 0.0667. The third kappa shape index (κ3) is 4.26. The molecule has 0 aromatic carbocycles. The average molecular weight is 399 g/mol. The summed E-state index contributed by atoms with van der Waals surface area (Å²) < 4.78 is 1.46. The number of hydrogen-bond donors (Lipinski definition) is 1. The number of amides is 1. The molecule has 1 aliphatic rings. The highest BCUT2D eigenvalue weighted by atomic mass is 16.2. The monoisotopic (exact) mass is 399 g/mol. The maximum Gasteiger partial charge on any atom is 0.269 e. The van der Waals surface area contributed by atoms with Gasteiger partial charge in [0.1, 0.15) is 5.56 Å². The van der Waals surface area contributed by atoms with Crippen molar-refractivity contribution < 1.29 is 4.79 Å². The summed E-state index contributed by atoms with van der Waals surface area (Å²) in [6.07, 6.45) is 3.21. The summed E-state index contributed by atoms with van der Waals surface area (Å²) in [5, 5.41) is 4.38. The van der Waals surface area contributed by atoms with Crippen molar-refractivity contribution in [2.45, 2.75) is 52.6 Å². The maximum absolute atomic E-state index is 13.0. The number of H-pyrrole nitrogens is 1. The summed E-state index contributed by atoms with van der Waals surface area (Å²) >= 11 is 0. The van der Waals surface area contributed by atoms with E-state index in [2.05, 4.69) is 10.1 Å². The van der Waals surface area contributed by atoms with E-state index in [0.29, 0.717) is 18.7 Å². The van der Waals surface area contributed by atoms with Gasteiger partial charge in [0.05, 0.1) is 17.9 Å². The van der Waals surface area contributed by atoms with Crippen LogP contribution in [-0.4, -0.2) is 51.8 Å². The third-order valence-electron chi connectivity index (χ3n) is 5.60. The van der Waals surface area contributed by atoms with Gasteiger partial charge in [0.2, 0.25) is 0 Å². The van der Waals surface area contributed by atoms with Crippen LogP contribution in [0.2, 0.25) is 0 Å². The SMILES string of the molecule is Cc1cc(C)c(C(=O)N2CCCC(n3ncc(N(C)C(C)C)cc3=O)C2)c(=O)[nH]1. The largest absolute Gasteiger partial charge is 0.371 e. The number of aryl methyl sites for hydroxylation is 2. The smallest absolute Gasteiger partial charge is 0.269 e. The zero-order valence-corrected chi connectivity index (χ0v) is 17.7. The molecule has 3 heterocycles. The van der Waals surface area contributed by atoms with Gasteiger partial charge in [-0.25, -0.2) is 4.68 Å². The first-order valence-electron chi connectivity index (χ1n) is 10.0. The fourth-order valence-electron chi connectivity index (χ4n) is 3.79. The summed E-state index contributed by atoms with van der Waals surface area (Å²) in [6, 6.07) is 3.43. The Labute approximate surface area is 170 Å². The van der Waals surface area contributed by atoms with E-state index < -0.39 is 0 Å². The molecule has 2 aromatic heterocycles. The molecule has 0 spiro atoms. The molecular formula is C21H29N5O3. The number of aromatic nitrogens is 3. The molecule has 1 fully saturated rings. The fourth-order valence-corrected chi connectivity index (χ4v) is 3.79. The van der Waals surface area contributed by atoms with Gasteiger partial charge in [0.25, 0.3) is 17.0 Å². The van der Waals surface area contributed by atoms with E-state index in [9.17, 15) is 14.4 Å². The first-order chi connectivity index (χ1) is 13.7. The molecular weight excluding hydrogens is 370 g/mol. The summed E-state index contributed by atoms with van der Waals surface area (Å²) in [6.45, 7) is 8.57. The molecule has 29 heavy (non-hydrogen) atoms. The second kappa shape index (κ2) is 8.23. The van der Waals surface area contributed by atoms with Crippen LogP contribution in [0.15, 0.2) is 27.9 Å². The Balaban J connectivity index is 1.84. The van der Waals surface area contributed by atoms with Crippen molar-refractivity contribution in [3.05, 3.63) is 55.9 Å². The summed E-state index contributed by atoms with van der Waals surface area (Å²) in [5.41, 5.74) is 1.78. The van der Waals surface area contributed by atoms with E-state index in [1.54, 1.807) is 37.1 Å². The van der Waals surface area contributed by atoms with Crippen molar-refractivity contribution in [2.75, 3.05) is 25.0 Å². The molecule has 0 radical (unpaired) electrons. The van der Waals surface area contributed by atoms with Crippen LogP contribution in [0.4, 0.5) is 5.69 Å². The van der Waals surface area contributed by atoms with E-state index in [0.717, 1.165) is 24.2 Å². The van der Waals surface area contributed by atoms with Crippen LogP contribution in [0.25, 0.3) is 0 Å². The van der Waals surface area contributed by atoms with Gasteiger partial charge in [-0.1, -0.05) is 0 Å². The first kappa shape index (κ1) is 20.8. The van der Waals surface area contributed by atoms with Gasteiger partial charge in [0.15, 0.2) is 0 Å². The van der Waals surface area contributed by atoms with Crippen LogP contribution in [0.3, 0.4) is 0 Å². The Morgan fingerprint density at radius 1 is 1.28 bits per heavy atom. The molecule has 2 aromatic rings. The summed E-state index contributed by atoms with van der Waals surface area (Å²) in [5.74, 6) is -0.294. The first-order valence-corrected chi connectivity index (χ1v) is 10.0. The van der Waals surface area contributed by atoms with E-state index >= 15 is 0 Å². The van der Waals surface area contributed by atoms with Crippen molar-refractivity contribution in [2.24, 2.45) is 0 Å². The molecule has 1 aliphatic heterocycles. The molecule has 1 N–H and O–H groups in total. The lowest BCUT2D eigenvalue weighted by Gasteiger charge is -2.33. The molecule has 1 amide bonds. The fraction of sp³-hybridized carbons (Fsp3) is 0.524. The van der Waals surface area contributed by atoms with E-state index in [4.69, 9.17) is 0 Å². The lowest BCUT2D eigenvalue weighted by atomic mass is 10.0. The highest BCUT2D eigenvalue weighted by Gasteiger charge is 2.29. The number of piperidine rings is 1. The van der Waals surface area contributed by atoms with Gasteiger partial charge in [0, 0.05) is 37.9 Å². The number of anilines is 1. The van der Waals surface area contributed by atoms with Gasteiger partial charge in [-0.2, -0.15) is 5.10 Å². The minimum absolute atomic E-state index is 0.172. The predicted molar refractivity (Wildman–Crippen MR) is 113 cm³/mol. The summed E-state index contributed by atoms with van der Waals surface area (Å²) in [7, 11) is 1.92. The quantitative estimate of drug-likeness (QED) is 0.848. The molecule has 156 valence electrons. The third-order valence-corrected chi connectivity index (χ3v) is 5.60. The van der Waals surface area contributed by atoms with Crippen LogP contribution >= 0.6 is 0 Å². The van der Waals surface area contributed by atoms with Crippen LogP contribution in [-0.2, 0) is 0 Å². The second-order valence-electron chi connectivity index (χ2n) is 8.09. The minimum atomic E-state index is -0.369. The van der Waals surface area contributed by atoms with Crippen molar-refractivity contribution in [3.8, 4) is 0 Å². The maximum atomic E-state index is 13.0. The number of aromatic amines is 1. The molecule has 0 saturated carbocycles. The standard InChI is InChI=1S/C21H29N5O3/c1-13(2)24(5)17-10-18(27)26(22-11-17)16-7-6-8-25(12-16)21(29)19-14(3)9-15(4)23-20(19)28/h9-11,13,16H,6-8,12H2,1-5H3,(H,23,28). The molecule has 1 atom stereocenters. The predicted octanol–water partition coefficient (Wildman–Crippen LogP) is 1.87. The van der Waals surface area contributed by atoms with E-state index in [-0.39, 0.29) is 34.7 Å². The topological polar surface area (TPSA) is 91.3 Å².